The van der Waals surface area contributed by atoms with Gasteiger partial charge in [-0.05, 0) is 32.6 Å². The molecule has 3 heteroatoms. The zero-order valence-electron chi connectivity index (χ0n) is 7.59. The van der Waals surface area contributed by atoms with Crippen LogP contribution in [0.15, 0.2) is 12.2 Å². The fourth-order valence-corrected chi connectivity index (χ4v) is 1.56. The Labute approximate surface area is 69.6 Å². The fraction of sp³-hybridized carbons (Fsp3) is 0.625. The highest BCUT2D eigenvalue weighted by molar-refractivity contribution is 6.69. The molecule has 0 spiro atoms. The Hall–Kier alpha value is -0.593. The molecule has 0 rings (SSSR count). The summed E-state index contributed by atoms with van der Waals surface area (Å²) in [5.74, 6) is 0. The highest BCUT2D eigenvalue weighted by Crippen LogP contribution is 2.07. The lowest BCUT2D eigenvalue weighted by molar-refractivity contribution is 0.296. The maximum Gasteiger partial charge on any atom is 0.185 e. The van der Waals surface area contributed by atoms with Gasteiger partial charge in [-0.15, -0.1) is 0 Å². The monoisotopic (exact) mass is 169 g/mol. The molecule has 0 aromatic rings. The van der Waals surface area contributed by atoms with Gasteiger partial charge >= 0.3 is 0 Å². The standard InChI is InChI=1S/C8H15NOSi/c1-5-6-8(7-9)10-11(2,3)4/h5-6,8H,1-4H3/b6-5+/t8-/m1/s1. The van der Waals surface area contributed by atoms with Crippen molar-refractivity contribution >= 4 is 8.32 Å². The second-order valence-electron chi connectivity index (χ2n) is 3.31. The summed E-state index contributed by atoms with van der Waals surface area (Å²) in [4.78, 5) is 0. The average Bonchev–Trinajstić information content (AvgIpc) is 1.84. The number of nitriles is 1. The van der Waals surface area contributed by atoms with Gasteiger partial charge in [0.05, 0.1) is 6.07 Å². The largest absolute Gasteiger partial charge is 0.399 e. The summed E-state index contributed by atoms with van der Waals surface area (Å²) in [6, 6.07) is 2.09. The zero-order valence-corrected chi connectivity index (χ0v) is 8.59. The van der Waals surface area contributed by atoms with Gasteiger partial charge < -0.3 is 4.43 Å². The van der Waals surface area contributed by atoms with Gasteiger partial charge in [-0.3, -0.25) is 0 Å². The first kappa shape index (κ1) is 10.4. The number of rotatable bonds is 3. The summed E-state index contributed by atoms with van der Waals surface area (Å²) in [6.45, 7) is 8.10. The van der Waals surface area contributed by atoms with Crippen LogP contribution in [0.25, 0.3) is 0 Å². The SMILES string of the molecule is C/C=C/[C@H](C#N)O[Si](C)(C)C. The van der Waals surface area contributed by atoms with E-state index >= 15 is 0 Å². The minimum absolute atomic E-state index is 0.355. The van der Waals surface area contributed by atoms with Crippen molar-refractivity contribution in [2.75, 3.05) is 0 Å². The van der Waals surface area contributed by atoms with Crippen LogP contribution in [0.1, 0.15) is 6.92 Å². The van der Waals surface area contributed by atoms with E-state index in [9.17, 15) is 0 Å². The van der Waals surface area contributed by atoms with Crippen molar-refractivity contribution in [2.24, 2.45) is 0 Å². The van der Waals surface area contributed by atoms with Crippen LogP contribution >= 0.6 is 0 Å². The predicted molar refractivity (Wildman–Crippen MR) is 48.6 cm³/mol. The third-order valence-electron chi connectivity index (χ3n) is 0.975. The van der Waals surface area contributed by atoms with Crippen molar-refractivity contribution in [3.05, 3.63) is 12.2 Å². The summed E-state index contributed by atoms with van der Waals surface area (Å²) in [6.07, 6.45) is 3.26. The number of allylic oxidation sites excluding steroid dienone is 1. The molecule has 0 aliphatic rings. The summed E-state index contributed by atoms with van der Waals surface area (Å²) in [5.41, 5.74) is 0. The first-order chi connectivity index (χ1) is 4.99. The average molecular weight is 169 g/mol. The molecule has 0 aromatic carbocycles. The molecule has 0 heterocycles. The van der Waals surface area contributed by atoms with Crippen molar-refractivity contribution in [1.82, 2.24) is 0 Å². The zero-order chi connectivity index (χ0) is 8.91. The molecule has 11 heavy (non-hydrogen) atoms. The Balaban J connectivity index is 4.02. The Morgan fingerprint density at radius 1 is 1.45 bits per heavy atom. The van der Waals surface area contributed by atoms with E-state index in [1.807, 2.05) is 13.0 Å². The molecule has 0 saturated heterocycles. The molecule has 0 aliphatic carbocycles. The second-order valence-corrected chi connectivity index (χ2v) is 7.77. The van der Waals surface area contributed by atoms with Crippen molar-refractivity contribution in [2.45, 2.75) is 32.7 Å². The van der Waals surface area contributed by atoms with Gasteiger partial charge in [0, 0.05) is 0 Å². The van der Waals surface area contributed by atoms with E-state index in [4.69, 9.17) is 9.69 Å². The molecule has 0 aliphatic heterocycles. The van der Waals surface area contributed by atoms with Crippen LogP contribution in [0.3, 0.4) is 0 Å². The van der Waals surface area contributed by atoms with Crippen LogP contribution in [-0.2, 0) is 4.43 Å². The quantitative estimate of drug-likeness (QED) is 0.480. The molecule has 1 atom stereocenters. The van der Waals surface area contributed by atoms with Gasteiger partial charge in [0.15, 0.2) is 14.4 Å². The normalized spacial score (nSPS) is 14.8. The highest BCUT2D eigenvalue weighted by Gasteiger charge is 2.18. The van der Waals surface area contributed by atoms with Crippen LogP contribution in [0.5, 0.6) is 0 Å². The minimum Gasteiger partial charge on any atom is -0.399 e. The van der Waals surface area contributed by atoms with E-state index in [1.54, 1.807) is 6.08 Å². The molecule has 0 N–H and O–H groups in total. The van der Waals surface area contributed by atoms with E-state index in [1.165, 1.54) is 0 Å². The lowest BCUT2D eigenvalue weighted by Gasteiger charge is -2.19. The topological polar surface area (TPSA) is 33.0 Å². The van der Waals surface area contributed by atoms with Crippen LogP contribution in [0.4, 0.5) is 0 Å². The summed E-state index contributed by atoms with van der Waals surface area (Å²) in [5, 5.41) is 8.62. The maximum absolute atomic E-state index is 8.62. The van der Waals surface area contributed by atoms with Crippen molar-refractivity contribution in [3.8, 4) is 6.07 Å². The molecule has 0 saturated carbocycles. The first-order valence-electron chi connectivity index (χ1n) is 3.70. The lowest BCUT2D eigenvalue weighted by atomic mass is 10.4. The van der Waals surface area contributed by atoms with Crippen molar-refractivity contribution in [1.29, 1.82) is 5.26 Å². The van der Waals surface area contributed by atoms with Crippen LogP contribution in [0, 0.1) is 11.3 Å². The summed E-state index contributed by atoms with van der Waals surface area (Å²) in [7, 11) is -1.55. The molecule has 0 unspecified atom stereocenters. The van der Waals surface area contributed by atoms with Gasteiger partial charge in [0.2, 0.25) is 0 Å². The highest BCUT2D eigenvalue weighted by atomic mass is 28.4. The molecular formula is C8H15NOSi. The van der Waals surface area contributed by atoms with Crippen LogP contribution < -0.4 is 0 Å². The first-order valence-corrected chi connectivity index (χ1v) is 7.10. The smallest absolute Gasteiger partial charge is 0.185 e. The number of hydrogen-bond donors (Lipinski definition) is 0. The molecule has 0 fully saturated rings. The Kier molecular flexibility index (Phi) is 4.09. The van der Waals surface area contributed by atoms with Crippen molar-refractivity contribution < 1.29 is 4.43 Å². The number of hydrogen-bond acceptors (Lipinski definition) is 2. The summed E-state index contributed by atoms with van der Waals surface area (Å²) < 4.78 is 5.52. The molecular weight excluding hydrogens is 154 g/mol. The fourth-order valence-electron chi connectivity index (χ4n) is 0.664. The van der Waals surface area contributed by atoms with Crippen molar-refractivity contribution in [3.63, 3.8) is 0 Å². The van der Waals surface area contributed by atoms with E-state index in [0.29, 0.717) is 0 Å². The van der Waals surface area contributed by atoms with Gasteiger partial charge in [0.1, 0.15) is 0 Å². The Bertz CT molecular complexity index is 176. The van der Waals surface area contributed by atoms with Gasteiger partial charge in [-0.25, -0.2) is 0 Å². The third-order valence-corrected chi connectivity index (χ3v) is 1.94. The molecule has 0 amide bonds. The molecule has 0 radical (unpaired) electrons. The van der Waals surface area contributed by atoms with Crippen LogP contribution in [0.2, 0.25) is 19.6 Å². The third kappa shape index (κ3) is 5.83. The van der Waals surface area contributed by atoms with E-state index in [-0.39, 0.29) is 6.10 Å². The number of nitrogens with zero attached hydrogens (tertiary/aromatic N) is 1. The molecule has 62 valence electrons. The molecule has 2 nitrogen and oxygen atoms in total. The minimum atomic E-state index is -1.55. The lowest BCUT2D eigenvalue weighted by Crippen LogP contribution is -2.30. The van der Waals surface area contributed by atoms with E-state index in [2.05, 4.69) is 25.7 Å². The summed E-state index contributed by atoms with van der Waals surface area (Å²) >= 11 is 0. The molecule has 0 aromatic heterocycles. The van der Waals surface area contributed by atoms with Gasteiger partial charge in [-0.2, -0.15) is 5.26 Å². The maximum atomic E-state index is 8.62. The van der Waals surface area contributed by atoms with E-state index in [0.717, 1.165) is 0 Å². The van der Waals surface area contributed by atoms with E-state index < -0.39 is 8.32 Å². The second kappa shape index (κ2) is 4.32. The Morgan fingerprint density at radius 3 is 2.27 bits per heavy atom. The van der Waals surface area contributed by atoms with Gasteiger partial charge in [0.25, 0.3) is 0 Å². The molecule has 0 bridgehead atoms. The van der Waals surface area contributed by atoms with Crippen LogP contribution in [-0.4, -0.2) is 14.4 Å². The Morgan fingerprint density at radius 2 is 2.00 bits per heavy atom. The van der Waals surface area contributed by atoms with Gasteiger partial charge in [-0.1, -0.05) is 6.08 Å². The predicted octanol–water partition coefficient (Wildman–Crippen LogP) is 2.31.